The van der Waals surface area contributed by atoms with E-state index in [0.717, 1.165) is 12.1 Å². The Labute approximate surface area is 114 Å². The number of rotatable bonds is 3. The molecule has 2 aromatic rings. The first kappa shape index (κ1) is 13.9. The average Bonchev–Trinajstić information content (AvgIpc) is 2.38. The fourth-order valence-corrected chi connectivity index (χ4v) is 1.87. The Hall–Kier alpha value is -2.50. The first-order valence-corrected chi connectivity index (χ1v) is 5.96. The third-order valence-electron chi connectivity index (χ3n) is 2.83. The number of aromatic nitrogens is 1. The van der Waals surface area contributed by atoms with Crippen LogP contribution in [0.25, 0.3) is 0 Å². The van der Waals surface area contributed by atoms with Gasteiger partial charge < -0.3 is 11.1 Å². The molecule has 0 bridgehead atoms. The number of pyridine rings is 1. The maximum absolute atomic E-state index is 13.6. The van der Waals surface area contributed by atoms with Crippen LogP contribution in [0.1, 0.15) is 29.0 Å². The van der Waals surface area contributed by atoms with Crippen molar-refractivity contribution in [2.24, 2.45) is 0 Å². The summed E-state index contributed by atoms with van der Waals surface area (Å²) in [6, 6.07) is 5.80. The highest BCUT2D eigenvalue weighted by atomic mass is 19.1. The molecular formula is C14H13F2N3O. The number of amides is 1. The third kappa shape index (κ3) is 2.74. The van der Waals surface area contributed by atoms with Gasteiger partial charge in [0.15, 0.2) is 5.69 Å². The molecular weight excluding hydrogens is 264 g/mol. The molecule has 4 nitrogen and oxygen atoms in total. The van der Waals surface area contributed by atoms with E-state index in [-0.39, 0.29) is 16.9 Å². The SMILES string of the molecule is CC(NC(=O)c1ncccc1N)c1c(F)cccc1F. The number of hydrogen-bond acceptors (Lipinski definition) is 3. The Bertz CT molecular complexity index is 626. The van der Waals surface area contributed by atoms with Crippen molar-refractivity contribution in [3.63, 3.8) is 0 Å². The number of carbonyl (C=O) groups excluding carboxylic acids is 1. The molecule has 1 amide bonds. The number of carbonyl (C=O) groups is 1. The number of nitrogens with one attached hydrogen (secondary N) is 1. The van der Waals surface area contributed by atoms with Crippen LogP contribution in [0.2, 0.25) is 0 Å². The minimum atomic E-state index is -0.842. The lowest BCUT2D eigenvalue weighted by Gasteiger charge is -2.16. The van der Waals surface area contributed by atoms with Crippen LogP contribution in [0, 0.1) is 11.6 Å². The van der Waals surface area contributed by atoms with Crippen LogP contribution in [-0.4, -0.2) is 10.9 Å². The minimum Gasteiger partial charge on any atom is -0.397 e. The Morgan fingerprint density at radius 3 is 2.50 bits per heavy atom. The van der Waals surface area contributed by atoms with E-state index in [2.05, 4.69) is 10.3 Å². The van der Waals surface area contributed by atoms with Crippen LogP contribution in [0.4, 0.5) is 14.5 Å². The predicted molar refractivity (Wildman–Crippen MR) is 70.9 cm³/mol. The third-order valence-corrected chi connectivity index (χ3v) is 2.83. The van der Waals surface area contributed by atoms with Crippen LogP contribution in [0.5, 0.6) is 0 Å². The zero-order valence-electron chi connectivity index (χ0n) is 10.7. The van der Waals surface area contributed by atoms with Gasteiger partial charge in [-0.2, -0.15) is 0 Å². The molecule has 0 aliphatic rings. The molecule has 1 heterocycles. The normalized spacial score (nSPS) is 11.9. The average molecular weight is 277 g/mol. The summed E-state index contributed by atoms with van der Waals surface area (Å²) in [7, 11) is 0. The van der Waals surface area contributed by atoms with Gasteiger partial charge in [-0.15, -0.1) is 0 Å². The van der Waals surface area contributed by atoms with Crippen molar-refractivity contribution in [3.05, 3.63) is 59.4 Å². The van der Waals surface area contributed by atoms with Crippen molar-refractivity contribution in [2.75, 3.05) is 5.73 Å². The molecule has 1 aromatic heterocycles. The van der Waals surface area contributed by atoms with Gasteiger partial charge in [-0.25, -0.2) is 13.8 Å². The molecule has 6 heteroatoms. The smallest absolute Gasteiger partial charge is 0.272 e. The number of nitrogen functional groups attached to an aromatic ring is 1. The summed E-state index contributed by atoms with van der Waals surface area (Å²) in [6.45, 7) is 1.48. The Kier molecular flexibility index (Phi) is 3.93. The topological polar surface area (TPSA) is 68.0 Å². The van der Waals surface area contributed by atoms with E-state index < -0.39 is 23.6 Å². The van der Waals surface area contributed by atoms with E-state index in [1.165, 1.54) is 25.3 Å². The Morgan fingerprint density at radius 1 is 1.25 bits per heavy atom. The summed E-state index contributed by atoms with van der Waals surface area (Å²) in [4.78, 5) is 15.8. The van der Waals surface area contributed by atoms with Gasteiger partial charge in [-0.1, -0.05) is 6.07 Å². The number of halogens is 2. The molecule has 104 valence electrons. The van der Waals surface area contributed by atoms with E-state index >= 15 is 0 Å². The molecule has 3 N–H and O–H groups in total. The van der Waals surface area contributed by atoms with Gasteiger partial charge in [-0.05, 0) is 31.2 Å². The highest BCUT2D eigenvalue weighted by Crippen LogP contribution is 2.21. The zero-order valence-corrected chi connectivity index (χ0v) is 10.7. The van der Waals surface area contributed by atoms with Crippen molar-refractivity contribution >= 4 is 11.6 Å². The highest BCUT2D eigenvalue weighted by Gasteiger charge is 2.20. The van der Waals surface area contributed by atoms with Crippen LogP contribution < -0.4 is 11.1 Å². The molecule has 0 aliphatic heterocycles. The molecule has 0 fully saturated rings. The van der Waals surface area contributed by atoms with Gasteiger partial charge in [0.1, 0.15) is 11.6 Å². The molecule has 1 atom stereocenters. The maximum Gasteiger partial charge on any atom is 0.272 e. The largest absolute Gasteiger partial charge is 0.397 e. The van der Waals surface area contributed by atoms with Crippen LogP contribution in [-0.2, 0) is 0 Å². The van der Waals surface area contributed by atoms with Crippen molar-refractivity contribution in [1.82, 2.24) is 10.3 Å². The monoisotopic (exact) mass is 277 g/mol. The van der Waals surface area contributed by atoms with Crippen molar-refractivity contribution < 1.29 is 13.6 Å². The van der Waals surface area contributed by atoms with Gasteiger partial charge in [0.2, 0.25) is 0 Å². The second-order valence-electron chi connectivity index (χ2n) is 4.27. The lowest BCUT2D eigenvalue weighted by molar-refractivity contribution is 0.0935. The van der Waals surface area contributed by atoms with E-state index in [9.17, 15) is 13.6 Å². The molecule has 0 aliphatic carbocycles. The molecule has 0 radical (unpaired) electrons. The van der Waals surface area contributed by atoms with Crippen molar-refractivity contribution in [3.8, 4) is 0 Å². The summed E-state index contributed by atoms with van der Waals surface area (Å²) in [6.07, 6.45) is 1.42. The highest BCUT2D eigenvalue weighted by molar-refractivity contribution is 5.97. The molecule has 1 aromatic carbocycles. The van der Waals surface area contributed by atoms with E-state index in [1.54, 1.807) is 6.07 Å². The Balaban J connectivity index is 2.22. The summed E-state index contributed by atoms with van der Waals surface area (Å²) in [5.74, 6) is -2.02. The molecule has 2 rings (SSSR count). The zero-order chi connectivity index (χ0) is 14.7. The number of anilines is 1. The predicted octanol–water partition coefficient (Wildman–Crippen LogP) is 2.43. The van der Waals surface area contributed by atoms with E-state index in [1.807, 2.05) is 0 Å². The molecule has 0 saturated carbocycles. The molecule has 20 heavy (non-hydrogen) atoms. The fraction of sp³-hybridized carbons (Fsp3) is 0.143. The quantitative estimate of drug-likeness (QED) is 0.905. The van der Waals surface area contributed by atoms with Gasteiger partial charge in [0.25, 0.3) is 5.91 Å². The van der Waals surface area contributed by atoms with Crippen LogP contribution in [0.3, 0.4) is 0 Å². The Morgan fingerprint density at radius 2 is 1.90 bits per heavy atom. The summed E-state index contributed by atoms with van der Waals surface area (Å²) in [5, 5.41) is 2.47. The van der Waals surface area contributed by atoms with Gasteiger partial charge >= 0.3 is 0 Å². The molecule has 1 unspecified atom stereocenters. The van der Waals surface area contributed by atoms with Crippen molar-refractivity contribution in [2.45, 2.75) is 13.0 Å². The second kappa shape index (κ2) is 5.64. The fourth-order valence-electron chi connectivity index (χ4n) is 1.87. The molecule has 0 saturated heterocycles. The van der Waals surface area contributed by atoms with Crippen LogP contribution in [0.15, 0.2) is 36.5 Å². The first-order valence-electron chi connectivity index (χ1n) is 5.96. The van der Waals surface area contributed by atoms with Gasteiger partial charge in [0, 0.05) is 11.8 Å². The van der Waals surface area contributed by atoms with Crippen molar-refractivity contribution in [1.29, 1.82) is 0 Å². The standard InChI is InChI=1S/C14H13F2N3O/c1-8(12-9(15)4-2-5-10(12)16)19-14(20)13-11(17)6-3-7-18-13/h2-8H,17H2,1H3,(H,19,20). The molecule has 0 spiro atoms. The minimum absolute atomic E-state index is 0.0242. The number of nitrogens with two attached hydrogens (primary N) is 1. The van der Waals surface area contributed by atoms with Gasteiger partial charge in [0.05, 0.1) is 11.7 Å². The maximum atomic E-state index is 13.6. The first-order chi connectivity index (χ1) is 9.50. The van der Waals surface area contributed by atoms with Crippen LogP contribution >= 0.6 is 0 Å². The van der Waals surface area contributed by atoms with E-state index in [0.29, 0.717) is 0 Å². The number of hydrogen-bond donors (Lipinski definition) is 2. The lowest BCUT2D eigenvalue weighted by atomic mass is 10.1. The van der Waals surface area contributed by atoms with Gasteiger partial charge in [-0.3, -0.25) is 4.79 Å². The summed E-state index contributed by atoms with van der Waals surface area (Å²) in [5.41, 5.74) is 5.65. The number of nitrogens with zero attached hydrogens (tertiary/aromatic N) is 1. The summed E-state index contributed by atoms with van der Waals surface area (Å²) >= 11 is 0. The van der Waals surface area contributed by atoms with E-state index in [4.69, 9.17) is 5.73 Å². The second-order valence-corrected chi connectivity index (χ2v) is 4.27. The number of benzene rings is 1. The summed E-state index contributed by atoms with van der Waals surface area (Å²) < 4.78 is 27.2. The lowest BCUT2D eigenvalue weighted by Crippen LogP contribution is -2.29.